The van der Waals surface area contributed by atoms with Crippen LogP contribution in [0.15, 0.2) is 59.6 Å². The Morgan fingerprint density at radius 3 is 2.52 bits per heavy atom. The van der Waals surface area contributed by atoms with Gasteiger partial charge in [-0.25, -0.2) is 0 Å². The van der Waals surface area contributed by atoms with E-state index in [1.807, 2.05) is 42.5 Å². The number of aliphatic imine (C=N–C) groups is 1. The van der Waals surface area contributed by atoms with Gasteiger partial charge in [0.15, 0.2) is 5.96 Å². The number of hydrogen-bond donors (Lipinski definition) is 2. The summed E-state index contributed by atoms with van der Waals surface area (Å²) in [6.45, 7) is 2.78. The first-order chi connectivity index (χ1) is 12.3. The fraction of sp³-hybridized carbons (Fsp3) is 0.350. The summed E-state index contributed by atoms with van der Waals surface area (Å²) >= 11 is 0. The number of ether oxygens (including phenoxy) is 1. The topological polar surface area (TPSA) is 62.9 Å². The van der Waals surface area contributed by atoms with Gasteiger partial charge in [-0.15, -0.1) is 0 Å². The number of rotatable bonds is 6. The first-order valence-corrected chi connectivity index (χ1v) is 8.77. The zero-order valence-corrected chi connectivity index (χ0v) is 14.7. The molecule has 1 aliphatic heterocycles. The molecule has 1 saturated heterocycles. The zero-order chi connectivity index (χ0) is 17.5. The lowest BCUT2D eigenvalue weighted by Crippen LogP contribution is -2.30. The molecule has 1 unspecified atom stereocenters. The number of likely N-dealkylation sites (tertiary alicyclic amines) is 1. The second-order valence-electron chi connectivity index (χ2n) is 6.22. The lowest BCUT2D eigenvalue weighted by molar-refractivity contribution is 0.245. The number of nitrogens with zero attached hydrogens (tertiary/aromatic N) is 2. The molecule has 3 N–H and O–H groups in total. The minimum absolute atomic E-state index is 0.176. The summed E-state index contributed by atoms with van der Waals surface area (Å²) in [5.74, 6) is 1.34. The van der Waals surface area contributed by atoms with Crippen molar-refractivity contribution >= 4 is 11.6 Å². The number of anilines is 1. The highest BCUT2D eigenvalue weighted by Crippen LogP contribution is 2.31. The van der Waals surface area contributed by atoms with Crippen molar-refractivity contribution in [3.63, 3.8) is 0 Å². The highest BCUT2D eigenvalue weighted by Gasteiger charge is 2.25. The lowest BCUT2D eigenvalue weighted by atomic mass is 10.0. The first kappa shape index (κ1) is 17.3. The molecule has 2 aromatic carbocycles. The van der Waals surface area contributed by atoms with Crippen molar-refractivity contribution in [2.24, 2.45) is 10.7 Å². The van der Waals surface area contributed by atoms with Crippen LogP contribution in [-0.2, 0) is 0 Å². The summed E-state index contributed by atoms with van der Waals surface area (Å²) in [6, 6.07) is 18.2. The van der Waals surface area contributed by atoms with E-state index in [0.717, 1.165) is 24.5 Å². The molecule has 1 aliphatic rings. The third-order valence-electron chi connectivity index (χ3n) is 4.56. The number of hydrogen-bond acceptors (Lipinski definition) is 3. The molecule has 5 heteroatoms. The van der Waals surface area contributed by atoms with E-state index in [1.165, 1.54) is 18.4 Å². The Balaban J connectivity index is 1.77. The summed E-state index contributed by atoms with van der Waals surface area (Å²) in [7, 11) is 1.72. The maximum absolute atomic E-state index is 6.09. The van der Waals surface area contributed by atoms with Crippen LogP contribution in [0, 0.1) is 0 Å². The van der Waals surface area contributed by atoms with Gasteiger partial charge < -0.3 is 15.8 Å². The van der Waals surface area contributed by atoms with Crippen LogP contribution in [-0.4, -0.2) is 37.6 Å². The predicted molar refractivity (Wildman–Crippen MR) is 103 cm³/mol. The van der Waals surface area contributed by atoms with E-state index in [9.17, 15) is 0 Å². The SMILES string of the molecule is COc1ccccc1C(CN=C(N)Nc1ccccc1)N1CCCC1. The highest BCUT2D eigenvalue weighted by molar-refractivity contribution is 5.92. The standard InChI is InChI=1S/C20H26N4O/c1-25-19-12-6-5-11-17(19)18(24-13-7-8-14-24)15-22-20(21)23-16-9-3-2-4-10-16/h2-6,9-12,18H,7-8,13-15H2,1H3,(H3,21,22,23). The highest BCUT2D eigenvalue weighted by atomic mass is 16.5. The van der Waals surface area contributed by atoms with Crippen LogP contribution >= 0.6 is 0 Å². The van der Waals surface area contributed by atoms with Gasteiger partial charge in [-0.3, -0.25) is 9.89 Å². The van der Waals surface area contributed by atoms with Crippen molar-refractivity contribution in [2.45, 2.75) is 18.9 Å². The summed E-state index contributed by atoms with van der Waals surface area (Å²) < 4.78 is 5.57. The molecule has 0 saturated carbocycles. The minimum Gasteiger partial charge on any atom is -0.496 e. The van der Waals surface area contributed by atoms with Gasteiger partial charge in [0.25, 0.3) is 0 Å². The molecule has 0 spiro atoms. The van der Waals surface area contributed by atoms with Gasteiger partial charge in [-0.05, 0) is 44.1 Å². The number of nitrogens with one attached hydrogen (secondary N) is 1. The average molecular weight is 338 g/mol. The van der Waals surface area contributed by atoms with Crippen molar-refractivity contribution in [1.82, 2.24) is 4.90 Å². The molecule has 0 radical (unpaired) electrons. The molecule has 1 atom stereocenters. The molecule has 3 rings (SSSR count). The van der Waals surface area contributed by atoms with Crippen LogP contribution < -0.4 is 15.8 Å². The van der Waals surface area contributed by atoms with Crippen LogP contribution in [0.4, 0.5) is 5.69 Å². The largest absolute Gasteiger partial charge is 0.496 e. The van der Waals surface area contributed by atoms with Gasteiger partial charge in [0.05, 0.1) is 19.7 Å². The van der Waals surface area contributed by atoms with Gasteiger partial charge in [0.1, 0.15) is 5.75 Å². The normalized spacial score (nSPS) is 16.6. The van der Waals surface area contributed by atoms with E-state index in [2.05, 4.69) is 27.3 Å². The van der Waals surface area contributed by atoms with Crippen molar-refractivity contribution in [3.8, 4) is 5.75 Å². The molecule has 1 heterocycles. The first-order valence-electron chi connectivity index (χ1n) is 8.77. The monoisotopic (exact) mass is 338 g/mol. The van der Waals surface area contributed by atoms with Crippen LogP contribution in [0.1, 0.15) is 24.4 Å². The molecule has 132 valence electrons. The Hall–Kier alpha value is -2.53. The van der Waals surface area contributed by atoms with E-state index >= 15 is 0 Å². The molecule has 0 amide bonds. The van der Waals surface area contributed by atoms with Gasteiger partial charge >= 0.3 is 0 Å². The number of guanidine groups is 1. The van der Waals surface area contributed by atoms with Gasteiger partial charge in [0, 0.05) is 11.3 Å². The van der Waals surface area contributed by atoms with Crippen molar-refractivity contribution in [2.75, 3.05) is 32.1 Å². The molecular formula is C20H26N4O. The van der Waals surface area contributed by atoms with E-state index in [0.29, 0.717) is 12.5 Å². The number of nitrogens with two attached hydrogens (primary N) is 1. The van der Waals surface area contributed by atoms with Crippen LogP contribution in [0.25, 0.3) is 0 Å². The van der Waals surface area contributed by atoms with Gasteiger partial charge in [0.2, 0.25) is 0 Å². The average Bonchev–Trinajstić information content (AvgIpc) is 3.17. The van der Waals surface area contributed by atoms with Crippen molar-refractivity contribution in [1.29, 1.82) is 0 Å². The Morgan fingerprint density at radius 1 is 1.12 bits per heavy atom. The predicted octanol–water partition coefficient (Wildman–Crippen LogP) is 3.26. The minimum atomic E-state index is 0.176. The summed E-state index contributed by atoms with van der Waals surface area (Å²) in [6.07, 6.45) is 2.46. The lowest BCUT2D eigenvalue weighted by Gasteiger charge is -2.28. The smallest absolute Gasteiger partial charge is 0.193 e. The van der Waals surface area contributed by atoms with Crippen LogP contribution in [0.5, 0.6) is 5.75 Å². The number of benzene rings is 2. The summed E-state index contributed by atoms with van der Waals surface area (Å²) in [5, 5.41) is 3.15. The summed E-state index contributed by atoms with van der Waals surface area (Å²) in [5.41, 5.74) is 8.20. The fourth-order valence-corrected chi connectivity index (χ4v) is 3.30. The number of para-hydroxylation sites is 2. The number of methoxy groups -OCH3 is 1. The Labute approximate surface area is 149 Å². The van der Waals surface area contributed by atoms with Crippen molar-refractivity contribution in [3.05, 3.63) is 60.2 Å². The van der Waals surface area contributed by atoms with Crippen molar-refractivity contribution < 1.29 is 4.74 Å². The van der Waals surface area contributed by atoms with Gasteiger partial charge in [-0.1, -0.05) is 36.4 Å². The van der Waals surface area contributed by atoms with Crippen LogP contribution in [0.2, 0.25) is 0 Å². The Bertz CT molecular complexity index is 696. The molecule has 25 heavy (non-hydrogen) atoms. The van der Waals surface area contributed by atoms with E-state index in [4.69, 9.17) is 10.5 Å². The molecule has 0 bridgehead atoms. The maximum atomic E-state index is 6.09. The molecule has 0 aromatic heterocycles. The van der Waals surface area contributed by atoms with E-state index in [-0.39, 0.29) is 6.04 Å². The summed E-state index contributed by atoms with van der Waals surface area (Å²) in [4.78, 5) is 7.07. The Morgan fingerprint density at radius 2 is 1.80 bits per heavy atom. The third kappa shape index (κ3) is 4.51. The molecular weight excluding hydrogens is 312 g/mol. The second kappa shape index (κ2) is 8.53. The molecule has 5 nitrogen and oxygen atoms in total. The third-order valence-corrected chi connectivity index (χ3v) is 4.56. The molecule has 0 aliphatic carbocycles. The second-order valence-corrected chi connectivity index (χ2v) is 6.22. The van der Waals surface area contributed by atoms with Crippen LogP contribution in [0.3, 0.4) is 0 Å². The van der Waals surface area contributed by atoms with E-state index in [1.54, 1.807) is 7.11 Å². The molecule has 2 aromatic rings. The fourth-order valence-electron chi connectivity index (χ4n) is 3.30. The van der Waals surface area contributed by atoms with Gasteiger partial charge in [-0.2, -0.15) is 0 Å². The Kier molecular flexibility index (Phi) is 5.90. The zero-order valence-electron chi connectivity index (χ0n) is 14.7. The van der Waals surface area contributed by atoms with E-state index < -0.39 is 0 Å². The maximum Gasteiger partial charge on any atom is 0.193 e. The quantitative estimate of drug-likeness (QED) is 0.627. The molecule has 1 fully saturated rings.